The van der Waals surface area contributed by atoms with Gasteiger partial charge in [-0.25, -0.2) is 4.98 Å². The molecule has 0 aliphatic carbocycles. The summed E-state index contributed by atoms with van der Waals surface area (Å²) in [6.07, 6.45) is 4.46. The monoisotopic (exact) mass is 422 g/mol. The van der Waals surface area contributed by atoms with E-state index in [9.17, 15) is 14.4 Å². The molecule has 9 heteroatoms. The molecule has 1 aliphatic rings. The van der Waals surface area contributed by atoms with Crippen LogP contribution in [0.5, 0.6) is 0 Å². The number of aromatic nitrogens is 3. The molecule has 3 aromatic rings. The molecule has 2 amide bonds. The summed E-state index contributed by atoms with van der Waals surface area (Å²) in [6.45, 7) is 5.80. The Bertz CT molecular complexity index is 1210. The Balaban J connectivity index is 1.46. The van der Waals surface area contributed by atoms with Crippen LogP contribution in [0.1, 0.15) is 34.2 Å². The molecule has 0 unspecified atom stereocenters. The number of hydrogen-bond donors (Lipinski definition) is 2. The third-order valence-electron chi connectivity index (χ3n) is 5.66. The van der Waals surface area contributed by atoms with E-state index in [1.54, 1.807) is 13.1 Å². The molecule has 31 heavy (non-hydrogen) atoms. The first-order chi connectivity index (χ1) is 14.9. The van der Waals surface area contributed by atoms with Crippen molar-refractivity contribution in [1.82, 2.24) is 24.6 Å². The second-order valence-electron chi connectivity index (χ2n) is 7.72. The Labute approximate surface area is 179 Å². The minimum absolute atomic E-state index is 0.0269. The minimum Gasteiger partial charge on any atom is -0.359 e. The molecular formula is C22H26N6O3. The number of carbonyl (C=O) groups excluding carboxylic acids is 2. The van der Waals surface area contributed by atoms with Crippen molar-refractivity contribution in [2.75, 3.05) is 31.6 Å². The van der Waals surface area contributed by atoms with Crippen molar-refractivity contribution in [3.8, 4) is 0 Å². The van der Waals surface area contributed by atoms with E-state index < -0.39 is 0 Å². The first kappa shape index (κ1) is 20.6. The molecule has 2 N–H and O–H groups in total. The van der Waals surface area contributed by atoms with Crippen LogP contribution in [0.2, 0.25) is 0 Å². The van der Waals surface area contributed by atoms with Crippen molar-refractivity contribution in [1.29, 1.82) is 0 Å². The lowest BCUT2D eigenvalue weighted by Crippen LogP contribution is -2.50. The molecule has 0 atom stereocenters. The summed E-state index contributed by atoms with van der Waals surface area (Å²) in [7, 11) is 1.57. The lowest BCUT2D eigenvalue weighted by Gasteiger charge is -2.36. The van der Waals surface area contributed by atoms with Crippen LogP contribution < -0.4 is 15.8 Å². The SMILES string of the molecule is CCc1cn2cc(CN3CCN(c4ccc(C(=O)NC)nc4C)CC3=O)cc2[nH]c1=O. The molecule has 0 aromatic carbocycles. The van der Waals surface area contributed by atoms with Gasteiger partial charge in [-0.1, -0.05) is 6.92 Å². The molecule has 4 rings (SSSR count). The lowest BCUT2D eigenvalue weighted by atomic mass is 10.2. The van der Waals surface area contributed by atoms with E-state index >= 15 is 0 Å². The predicted octanol–water partition coefficient (Wildman–Crippen LogP) is 1.10. The summed E-state index contributed by atoms with van der Waals surface area (Å²) in [5.41, 5.74) is 4.29. The van der Waals surface area contributed by atoms with Gasteiger partial charge in [-0.05, 0) is 37.1 Å². The topological polar surface area (TPSA) is 103 Å². The van der Waals surface area contributed by atoms with Gasteiger partial charge in [0, 0.05) is 44.6 Å². The van der Waals surface area contributed by atoms with Gasteiger partial charge in [0.05, 0.1) is 17.9 Å². The van der Waals surface area contributed by atoms with Crippen molar-refractivity contribution < 1.29 is 9.59 Å². The van der Waals surface area contributed by atoms with Crippen molar-refractivity contribution in [2.45, 2.75) is 26.8 Å². The van der Waals surface area contributed by atoms with E-state index in [1.165, 1.54) is 0 Å². The fraction of sp³-hybridized carbons (Fsp3) is 0.364. The number of rotatable bonds is 5. The van der Waals surface area contributed by atoms with Crippen molar-refractivity contribution >= 4 is 23.1 Å². The zero-order valence-corrected chi connectivity index (χ0v) is 17.9. The molecule has 0 radical (unpaired) electrons. The number of hydrogen-bond acceptors (Lipinski definition) is 5. The maximum atomic E-state index is 12.8. The zero-order valence-electron chi connectivity index (χ0n) is 17.9. The van der Waals surface area contributed by atoms with Crippen LogP contribution in [-0.2, 0) is 17.8 Å². The molecule has 0 bridgehead atoms. The minimum atomic E-state index is -0.233. The van der Waals surface area contributed by atoms with Gasteiger partial charge in [0.2, 0.25) is 5.91 Å². The normalized spacial score (nSPS) is 14.4. The van der Waals surface area contributed by atoms with Crippen molar-refractivity contribution in [2.24, 2.45) is 0 Å². The van der Waals surface area contributed by atoms with E-state index in [1.807, 2.05) is 52.6 Å². The number of pyridine rings is 1. The predicted molar refractivity (Wildman–Crippen MR) is 117 cm³/mol. The number of aromatic amines is 1. The van der Waals surface area contributed by atoms with Crippen LogP contribution in [0.25, 0.3) is 5.65 Å². The molecule has 1 aliphatic heterocycles. The Hall–Kier alpha value is -3.62. The standard InChI is InChI=1S/C22H26N6O3/c1-4-16-12-28-11-15(9-19(28)25-21(16)30)10-27-8-7-26(13-20(27)29)18-6-5-17(22(31)23-3)24-14(18)2/h5-6,9,11-12H,4,7-8,10,13H2,1-3H3,(H,23,31)(H,25,30). The highest BCUT2D eigenvalue weighted by molar-refractivity contribution is 5.92. The highest BCUT2D eigenvalue weighted by atomic mass is 16.2. The number of H-pyrrole nitrogens is 1. The molecule has 0 spiro atoms. The van der Waals surface area contributed by atoms with Crippen LogP contribution >= 0.6 is 0 Å². The Kier molecular flexibility index (Phi) is 5.50. The van der Waals surface area contributed by atoms with Gasteiger partial charge >= 0.3 is 0 Å². The Morgan fingerprint density at radius 3 is 2.71 bits per heavy atom. The molecule has 162 valence electrons. The zero-order chi connectivity index (χ0) is 22.1. The number of fused-ring (bicyclic) bond motifs is 1. The average molecular weight is 422 g/mol. The van der Waals surface area contributed by atoms with Gasteiger partial charge in [0.25, 0.3) is 11.5 Å². The Morgan fingerprint density at radius 2 is 2.03 bits per heavy atom. The largest absolute Gasteiger partial charge is 0.359 e. The summed E-state index contributed by atoms with van der Waals surface area (Å²) in [6, 6.07) is 5.43. The lowest BCUT2D eigenvalue weighted by molar-refractivity contribution is -0.131. The summed E-state index contributed by atoms with van der Waals surface area (Å²) >= 11 is 0. The third-order valence-corrected chi connectivity index (χ3v) is 5.66. The molecular weight excluding hydrogens is 396 g/mol. The van der Waals surface area contributed by atoms with Crippen molar-refractivity contribution in [3.63, 3.8) is 0 Å². The van der Waals surface area contributed by atoms with Gasteiger partial charge in [0.15, 0.2) is 0 Å². The van der Waals surface area contributed by atoms with Gasteiger partial charge in [0.1, 0.15) is 11.3 Å². The van der Waals surface area contributed by atoms with Gasteiger partial charge in [-0.2, -0.15) is 0 Å². The van der Waals surface area contributed by atoms with E-state index in [0.717, 1.165) is 28.2 Å². The molecule has 9 nitrogen and oxygen atoms in total. The van der Waals surface area contributed by atoms with Crippen LogP contribution in [0.4, 0.5) is 5.69 Å². The van der Waals surface area contributed by atoms with Crippen LogP contribution in [-0.4, -0.2) is 57.8 Å². The second-order valence-corrected chi connectivity index (χ2v) is 7.72. The Morgan fingerprint density at radius 1 is 1.23 bits per heavy atom. The van der Waals surface area contributed by atoms with Crippen molar-refractivity contribution in [3.05, 3.63) is 63.5 Å². The number of nitrogens with one attached hydrogen (secondary N) is 2. The second kappa shape index (κ2) is 8.25. The molecule has 0 saturated carbocycles. The molecule has 1 saturated heterocycles. The number of aryl methyl sites for hydroxylation is 2. The van der Waals surface area contributed by atoms with E-state index in [2.05, 4.69) is 15.3 Å². The summed E-state index contributed by atoms with van der Waals surface area (Å²) in [5.74, 6) is -0.207. The van der Waals surface area contributed by atoms with Crippen LogP contribution in [0.15, 0.2) is 35.4 Å². The fourth-order valence-electron chi connectivity index (χ4n) is 3.95. The molecule has 1 fully saturated rings. The smallest absolute Gasteiger partial charge is 0.269 e. The van der Waals surface area contributed by atoms with Gasteiger partial charge < -0.3 is 24.5 Å². The van der Waals surface area contributed by atoms with E-state index in [-0.39, 0.29) is 23.9 Å². The summed E-state index contributed by atoms with van der Waals surface area (Å²) in [4.78, 5) is 47.7. The summed E-state index contributed by atoms with van der Waals surface area (Å²) in [5, 5.41) is 2.57. The van der Waals surface area contributed by atoms with Crippen LogP contribution in [0.3, 0.4) is 0 Å². The molecule has 3 aromatic heterocycles. The maximum absolute atomic E-state index is 12.8. The van der Waals surface area contributed by atoms with Gasteiger partial charge in [-0.15, -0.1) is 0 Å². The average Bonchev–Trinajstić information content (AvgIpc) is 3.14. The number of carbonyl (C=O) groups is 2. The highest BCUT2D eigenvalue weighted by Crippen LogP contribution is 2.22. The summed E-state index contributed by atoms with van der Waals surface area (Å²) < 4.78 is 1.90. The van der Waals surface area contributed by atoms with E-state index in [0.29, 0.717) is 31.7 Å². The first-order valence-electron chi connectivity index (χ1n) is 10.3. The molecule has 4 heterocycles. The number of amides is 2. The highest BCUT2D eigenvalue weighted by Gasteiger charge is 2.26. The van der Waals surface area contributed by atoms with Gasteiger partial charge in [-0.3, -0.25) is 14.4 Å². The fourth-order valence-corrected chi connectivity index (χ4v) is 3.95. The number of anilines is 1. The number of nitrogens with zero attached hydrogens (tertiary/aromatic N) is 4. The first-order valence-corrected chi connectivity index (χ1v) is 10.3. The third kappa shape index (κ3) is 4.03. The maximum Gasteiger partial charge on any atom is 0.269 e. The quantitative estimate of drug-likeness (QED) is 0.641. The van der Waals surface area contributed by atoms with E-state index in [4.69, 9.17) is 0 Å². The number of piperazine rings is 1. The van der Waals surface area contributed by atoms with Crippen LogP contribution in [0, 0.1) is 6.92 Å².